The Morgan fingerprint density at radius 1 is 1.13 bits per heavy atom. The van der Waals surface area contributed by atoms with Gasteiger partial charge in [-0.2, -0.15) is 0 Å². The van der Waals surface area contributed by atoms with Crippen LogP contribution >= 0.6 is 22.9 Å². The predicted molar refractivity (Wildman–Crippen MR) is 152 cm³/mol. The van der Waals surface area contributed by atoms with Gasteiger partial charge in [-0.05, 0) is 41.5 Å². The molecule has 0 saturated carbocycles. The lowest BCUT2D eigenvalue weighted by Gasteiger charge is -2.40. The SMILES string of the molecule is CCCC(=O)OC1CN(Cc2csc(=NC)n2C)CCN1C(=O)CCS(=O)(=O)c1ccc2cc(Cl)ccc2c1. The fraction of sp³-hybridized carbons (Fsp3) is 0.444. The molecule has 2 heterocycles. The van der Waals surface area contributed by atoms with Crippen LogP contribution in [0.2, 0.25) is 5.02 Å². The molecule has 39 heavy (non-hydrogen) atoms. The average molecular weight is 593 g/mol. The Hall–Kier alpha value is -2.73. The molecule has 1 aliphatic heterocycles. The van der Waals surface area contributed by atoms with Crippen molar-refractivity contribution in [2.75, 3.05) is 32.4 Å². The molecule has 1 saturated heterocycles. The van der Waals surface area contributed by atoms with Gasteiger partial charge in [0.2, 0.25) is 5.91 Å². The number of hydrogen-bond donors (Lipinski definition) is 0. The minimum absolute atomic E-state index is 0.155. The quantitative estimate of drug-likeness (QED) is 0.352. The number of halogens is 1. The van der Waals surface area contributed by atoms with Gasteiger partial charge in [0.05, 0.1) is 17.2 Å². The van der Waals surface area contributed by atoms with Gasteiger partial charge in [-0.25, -0.2) is 8.42 Å². The molecule has 0 spiro atoms. The van der Waals surface area contributed by atoms with E-state index in [9.17, 15) is 18.0 Å². The van der Waals surface area contributed by atoms with Crippen molar-refractivity contribution < 1.29 is 22.7 Å². The lowest BCUT2D eigenvalue weighted by atomic mass is 10.1. The first-order valence-corrected chi connectivity index (χ1v) is 15.7. The van der Waals surface area contributed by atoms with Crippen LogP contribution in [0.5, 0.6) is 0 Å². The maximum atomic E-state index is 13.3. The van der Waals surface area contributed by atoms with Gasteiger partial charge in [0, 0.05) is 62.7 Å². The summed E-state index contributed by atoms with van der Waals surface area (Å²) in [7, 11) is -0.00476. The molecule has 2 aromatic carbocycles. The second kappa shape index (κ2) is 12.6. The highest BCUT2D eigenvalue weighted by atomic mass is 35.5. The largest absolute Gasteiger partial charge is 0.440 e. The Kier molecular flexibility index (Phi) is 9.47. The second-order valence-corrected chi connectivity index (χ2v) is 12.9. The zero-order valence-corrected chi connectivity index (χ0v) is 24.7. The van der Waals surface area contributed by atoms with E-state index in [4.69, 9.17) is 16.3 Å². The van der Waals surface area contributed by atoms with Crippen LogP contribution in [0.25, 0.3) is 10.8 Å². The number of carbonyl (C=O) groups is 2. The molecule has 9 nitrogen and oxygen atoms in total. The summed E-state index contributed by atoms with van der Waals surface area (Å²) in [6.07, 6.45) is -0.101. The highest BCUT2D eigenvalue weighted by Gasteiger charge is 2.34. The number of fused-ring (bicyclic) bond motifs is 1. The Morgan fingerprint density at radius 3 is 2.59 bits per heavy atom. The van der Waals surface area contributed by atoms with Crippen molar-refractivity contribution >= 4 is 55.4 Å². The number of carbonyl (C=O) groups excluding carboxylic acids is 2. The molecular formula is C27H33ClN4O5S2. The first-order valence-electron chi connectivity index (χ1n) is 12.8. The van der Waals surface area contributed by atoms with Crippen LogP contribution < -0.4 is 4.80 Å². The molecule has 210 valence electrons. The molecule has 0 bridgehead atoms. The number of piperazine rings is 1. The van der Waals surface area contributed by atoms with Gasteiger partial charge in [0.15, 0.2) is 20.9 Å². The number of benzene rings is 2. The van der Waals surface area contributed by atoms with E-state index in [1.807, 2.05) is 23.9 Å². The van der Waals surface area contributed by atoms with E-state index < -0.39 is 16.1 Å². The van der Waals surface area contributed by atoms with Gasteiger partial charge in [0.1, 0.15) is 0 Å². The summed E-state index contributed by atoms with van der Waals surface area (Å²) < 4.78 is 33.9. The Labute approximate surface area is 237 Å². The van der Waals surface area contributed by atoms with Crippen LogP contribution in [-0.2, 0) is 37.8 Å². The van der Waals surface area contributed by atoms with Crippen molar-refractivity contribution in [3.05, 3.63) is 57.3 Å². The molecular weight excluding hydrogens is 560 g/mol. The Morgan fingerprint density at radius 2 is 1.87 bits per heavy atom. The monoisotopic (exact) mass is 592 g/mol. The molecule has 1 fully saturated rings. The van der Waals surface area contributed by atoms with E-state index in [1.54, 1.807) is 48.7 Å². The molecule has 3 aromatic rings. The first kappa shape index (κ1) is 29.3. The summed E-state index contributed by atoms with van der Waals surface area (Å²) in [5.41, 5.74) is 1.07. The third kappa shape index (κ3) is 7.08. The van der Waals surface area contributed by atoms with Gasteiger partial charge in [-0.3, -0.25) is 19.5 Å². The highest BCUT2D eigenvalue weighted by molar-refractivity contribution is 7.91. The lowest BCUT2D eigenvalue weighted by molar-refractivity contribution is -0.172. The lowest BCUT2D eigenvalue weighted by Crippen LogP contribution is -2.56. The predicted octanol–water partition coefficient (Wildman–Crippen LogP) is 3.60. The molecule has 0 aliphatic carbocycles. The van der Waals surface area contributed by atoms with E-state index in [2.05, 4.69) is 9.89 Å². The van der Waals surface area contributed by atoms with Crippen molar-refractivity contribution in [2.45, 2.75) is 43.9 Å². The van der Waals surface area contributed by atoms with Crippen LogP contribution in [0.3, 0.4) is 0 Å². The third-order valence-electron chi connectivity index (χ3n) is 6.77. The molecule has 0 N–H and O–H groups in total. The van der Waals surface area contributed by atoms with E-state index in [0.29, 0.717) is 37.6 Å². The van der Waals surface area contributed by atoms with Crippen molar-refractivity contribution in [3.63, 3.8) is 0 Å². The minimum Gasteiger partial charge on any atom is -0.440 e. The molecule has 4 rings (SSSR count). The number of amides is 1. The van der Waals surface area contributed by atoms with Gasteiger partial charge < -0.3 is 14.2 Å². The van der Waals surface area contributed by atoms with Gasteiger partial charge >= 0.3 is 5.97 Å². The molecule has 0 radical (unpaired) electrons. The van der Waals surface area contributed by atoms with Crippen LogP contribution in [0, 0.1) is 0 Å². The number of rotatable bonds is 9. The molecule has 1 unspecified atom stereocenters. The van der Waals surface area contributed by atoms with E-state index in [-0.39, 0.29) is 35.4 Å². The fourth-order valence-electron chi connectivity index (χ4n) is 4.60. The number of nitrogens with zero attached hydrogens (tertiary/aromatic N) is 4. The van der Waals surface area contributed by atoms with Gasteiger partial charge in [-0.1, -0.05) is 30.7 Å². The maximum Gasteiger partial charge on any atom is 0.307 e. The smallest absolute Gasteiger partial charge is 0.307 e. The van der Waals surface area contributed by atoms with Gasteiger partial charge in [-0.15, -0.1) is 11.3 Å². The number of hydrogen-bond acceptors (Lipinski definition) is 8. The molecule has 1 aromatic heterocycles. The summed E-state index contributed by atoms with van der Waals surface area (Å²) >= 11 is 7.59. The molecule has 1 atom stereocenters. The van der Waals surface area contributed by atoms with Crippen LogP contribution in [-0.4, -0.2) is 73.3 Å². The van der Waals surface area contributed by atoms with E-state index >= 15 is 0 Å². The second-order valence-electron chi connectivity index (χ2n) is 9.53. The number of aromatic nitrogens is 1. The molecule has 12 heteroatoms. The summed E-state index contributed by atoms with van der Waals surface area (Å²) in [5.74, 6) is -1.07. The number of thiazole rings is 1. The van der Waals surface area contributed by atoms with Crippen molar-refractivity contribution in [2.24, 2.45) is 12.0 Å². The zero-order valence-electron chi connectivity index (χ0n) is 22.3. The average Bonchev–Trinajstić information content (AvgIpc) is 3.26. The molecule has 1 aliphatic rings. The summed E-state index contributed by atoms with van der Waals surface area (Å²) in [4.78, 5) is 34.6. The normalized spacial score (nSPS) is 17.1. The van der Waals surface area contributed by atoms with Crippen molar-refractivity contribution in [1.29, 1.82) is 0 Å². The maximum absolute atomic E-state index is 13.3. The topological polar surface area (TPSA) is 101 Å². The highest BCUT2D eigenvalue weighted by Crippen LogP contribution is 2.24. The standard InChI is InChI=1S/C27H33ClN4O5S2/c1-4-5-26(34)37-25-17-31(16-22-18-38-27(29-2)30(22)3)11-12-32(25)24(33)10-13-39(35,36)23-9-7-19-14-21(28)8-6-20(19)15-23/h6-9,14-15,18,25H,4-5,10-13,16-17H2,1-3H3. The number of esters is 1. The van der Waals surface area contributed by atoms with Crippen molar-refractivity contribution in [1.82, 2.24) is 14.4 Å². The van der Waals surface area contributed by atoms with Crippen LogP contribution in [0.4, 0.5) is 0 Å². The van der Waals surface area contributed by atoms with Crippen LogP contribution in [0.1, 0.15) is 31.9 Å². The zero-order chi connectivity index (χ0) is 28.2. The third-order valence-corrected chi connectivity index (χ3v) is 9.78. The Balaban J connectivity index is 1.45. The van der Waals surface area contributed by atoms with Crippen LogP contribution in [0.15, 0.2) is 51.7 Å². The van der Waals surface area contributed by atoms with E-state index in [0.717, 1.165) is 21.3 Å². The summed E-state index contributed by atoms with van der Waals surface area (Å²) in [6, 6.07) is 10.1. The van der Waals surface area contributed by atoms with Crippen molar-refractivity contribution in [3.8, 4) is 0 Å². The minimum atomic E-state index is -3.71. The summed E-state index contributed by atoms with van der Waals surface area (Å²) in [6.45, 7) is 3.75. The fourth-order valence-corrected chi connectivity index (χ4v) is 6.89. The number of ether oxygens (including phenoxy) is 1. The first-order chi connectivity index (χ1) is 18.6. The summed E-state index contributed by atoms with van der Waals surface area (Å²) in [5, 5.41) is 4.21. The number of sulfone groups is 1. The van der Waals surface area contributed by atoms with E-state index in [1.165, 1.54) is 11.0 Å². The molecule has 1 amide bonds. The Bertz CT molecular complexity index is 1530. The van der Waals surface area contributed by atoms with Gasteiger partial charge in [0.25, 0.3) is 0 Å².